The number of nitrogens with one attached hydrogen (secondary N) is 1. The number of ketones is 1. The van der Waals surface area contributed by atoms with Crippen LogP contribution < -0.4 is 61.8 Å². The predicted octanol–water partition coefficient (Wildman–Crippen LogP) is -2.88. The first-order valence-electron chi connectivity index (χ1n) is 4.81. The molecule has 0 aromatic heterocycles. The molecule has 1 N–H and O–H groups in total. The van der Waals surface area contributed by atoms with Crippen LogP contribution in [0.5, 0.6) is 0 Å². The van der Waals surface area contributed by atoms with Gasteiger partial charge in [-0.05, 0) is 6.92 Å². The van der Waals surface area contributed by atoms with Crippen LogP contribution in [-0.2, 0) is 4.79 Å². The van der Waals surface area contributed by atoms with Gasteiger partial charge in [-0.25, -0.2) is 0 Å². The van der Waals surface area contributed by atoms with Crippen molar-refractivity contribution < 1.29 is 66.1 Å². The normalized spacial score (nSPS) is 10.3. The Labute approximate surface area is 143 Å². The third-order valence-corrected chi connectivity index (χ3v) is 1.92. The summed E-state index contributed by atoms with van der Waals surface area (Å²) in [4.78, 5) is 21.8. The maximum atomic E-state index is 11.6. The molecule has 1 aromatic rings. The van der Waals surface area contributed by atoms with E-state index in [1.165, 1.54) is 6.08 Å². The van der Waals surface area contributed by atoms with Crippen molar-refractivity contribution in [1.29, 1.82) is 0 Å². The minimum absolute atomic E-state index is 0. The summed E-state index contributed by atoms with van der Waals surface area (Å²) in [6.07, 6.45) is 1.36. The third-order valence-electron chi connectivity index (χ3n) is 1.92. The topological polar surface area (TPSA) is 69.2 Å². The Morgan fingerprint density at radius 2 is 1.88 bits per heavy atom. The van der Waals surface area contributed by atoms with Gasteiger partial charge in [0, 0.05) is 17.3 Å². The van der Waals surface area contributed by atoms with Crippen molar-refractivity contribution in [1.82, 2.24) is 5.32 Å². The number of carbonyl (C=O) groups is 2. The van der Waals surface area contributed by atoms with Gasteiger partial charge >= 0.3 is 51.4 Å². The van der Waals surface area contributed by atoms with E-state index in [1.807, 2.05) is 6.07 Å². The van der Waals surface area contributed by atoms with E-state index in [0.717, 1.165) is 0 Å². The van der Waals surface area contributed by atoms with Gasteiger partial charge in [-0.2, -0.15) is 0 Å². The molecule has 0 saturated heterocycles. The Hall–Kier alpha value is -0.464. The van der Waals surface area contributed by atoms with Gasteiger partial charge in [0.2, 0.25) is 0 Å². The second-order valence-corrected chi connectivity index (χ2v) is 3.28. The largest absolute Gasteiger partial charge is 1.00 e. The maximum absolute atomic E-state index is 11.6. The van der Waals surface area contributed by atoms with Gasteiger partial charge in [0.15, 0.2) is 5.78 Å². The summed E-state index contributed by atoms with van der Waals surface area (Å²) in [7, 11) is 0. The van der Waals surface area contributed by atoms with Crippen LogP contribution in [0.1, 0.15) is 17.3 Å². The average Bonchev–Trinajstić information content (AvgIpc) is 2.27. The molecule has 1 rings (SSSR count). The summed E-state index contributed by atoms with van der Waals surface area (Å²) in [6, 6.07) is 8.76. The van der Waals surface area contributed by atoms with E-state index >= 15 is 0 Å². The van der Waals surface area contributed by atoms with Crippen molar-refractivity contribution in [3.8, 4) is 0 Å². The van der Waals surface area contributed by atoms with E-state index in [4.69, 9.17) is 0 Å². The van der Waals surface area contributed by atoms with Crippen molar-refractivity contribution >= 4 is 11.8 Å². The monoisotopic (exact) mass is 257 g/mol. The van der Waals surface area contributed by atoms with E-state index in [-0.39, 0.29) is 63.7 Å². The van der Waals surface area contributed by atoms with Gasteiger partial charge in [0.1, 0.15) is 0 Å². The minimum atomic E-state index is -1.21. The zero-order chi connectivity index (χ0) is 12.0. The molecule has 0 aliphatic rings. The smallest absolute Gasteiger partial charge is 0.548 e. The molecule has 0 aliphatic heterocycles. The van der Waals surface area contributed by atoms with E-state index in [2.05, 4.69) is 5.32 Å². The molecule has 17 heavy (non-hydrogen) atoms. The molecule has 0 unspecified atom stereocenters. The number of carboxylic acids is 1. The van der Waals surface area contributed by atoms with Gasteiger partial charge in [-0.15, -0.1) is 0 Å². The first-order chi connectivity index (χ1) is 7.59. The SMILES string of the molecule is CC(=CC(=O)c1ccccc1)NCC(=O)[O-].[K+]. The molecule has 0 heterocycles. The second kappa shape index (κ2) is 8.60. The van der Waals surface area contributed by atoms with E-state index in [9.17, 15) is 14.7 Å². The first-order valence-corrected chi connectivity index (χ1v) is 4.81. The molecule has 0 bridgehead atoms. The molecule has 4 nitrogen and oxygen atoms in total. The van der Waals surface area contributed by atoms with Crippen molar-refractivity contribution in [3.63, 3.8) is 0 Å². The number of carboxylic acid groups (broad SMARTS) is 1. The number of hydrogen-bond acceptors (Lipinski definition) is 4. The van der Waals surface area contributed by atoms with E-state index in [0.29, 0.717) is 11.3 Å². The van der Waals surface area contributed by atoms with Gasteiger partial charge in [-0.1, -0.05) is 30.3 Å². The predicted molar refractivity (Wildman–Crippen MR) is 57.5 cm³/mol. The quantitative estimate of drug-likeness (QED) is 0.349. The van der Waals surface area contributed by atoms with Crippen LogP contribution >= 0.6 is 0 Å². The van der Waals surface area contributed by atoms with E-state index in [1.54, 1.807) is 31.2 Å². The molecule has 5 heteroatoms. The molecular formula is C12H12KNO3. The van der Waals surface area contributed by atoms with Gasteiger partial charge in [-0.3, -0.25) is 4.79 Å². The Morgan fingerprint density at radius 3 is 2.41 bits per heavy atom. The molecule has 1 aromatic carbocycles. The summed E-state index contributed by atoms with van der Waals surface area (Å²) in [5.41, 5.74) is 1.06. The molecule has 0 saturated carbocycles. The molecule has 0 fully saturated rings. The fourth-order valence-corrected chi connectivity index (χ4v) is 1.15. The molecule has 0 atom stereocenters. The summed E-state index contributed by atoms with van der Waals surface area (Å²) >= 11 is 0. The summed E-state index contributed by atoms with van der Waals surface area (Å²) in [6.45, 7) is 1.33. The maximum Gasteiger partial charge on any atom is 1.00 e. The van der Waals surface area contributed by atoms with Crippen molar-refractivity contribution in [2.45, 2.75) is 6.92 Å². The van der Waals surface area contributed by atoms with Crippen LogP contribution in [-0.4, -0.2) is 18.3 Å². The molecular weight excluding hydrogens is 245 g/mol. The number of hydrogen-bond donors (Lipinski definition) is 1. The van der Waals surface area contributed by atoms with Crippen LogP contribution in [0.2, 0.25) is 0 Å². The molecule has 0 amide bonds. The van der Waals surface area contributed by atoms with Gasteiger partial charge < -0.3 is 15.2 Å². The van der Waals surface area contributed by atoms with Crippen molar-refractivity contribution in [3.05, 3.63) is 47.7 Å². The zero-order valence-corrected chi connectivity index (χ0v) is 13.0. The number of benzene rings is 1. The first kappa shape index (κ1) is 16.5. The number of aliphatic carboxylic acids is 1. The summed E-state index contributed by atoms with van der Waals surface area (Å²) < 4.78 is 0. The van der Waals surface area contributed by atoms with Crippen molar-refractivity contribution in [2.24, 2.45) is 0 Å². The van der Waals surface area contributed by atoms with E-state index < -0.39 is 5.97 Å². The number of carbonyl (C=O) groups excluding carboxylic acids is 2. The summed E-state index contributed by atoms with van der Waals surface area (Å²) in [5, 5.41) is 12.7. The third kappa shape index (κ3) is 6.75. The number of allylic oxidation sites excluding steroid dienone is 2. The molecule has 0 radical (unpaired) electrons. The number of rotatable bonds is 5. The fraction of sp³-hybridized carbons (Fsp3) is 0.167. The molecule has 84 valence electrons. The fourth-order valence-electron chi connectivity index (χ4n) is 1.15. The minimum Gasteiger partial charge on any atom is -0.548 e. The van der Waals surface area contributed by atoms with Gasteiger partial charge in [0.05, 0.1) is 12.5 Å². The standard InChI is InChI=1S/C12H13NO3.K/c1-9(13-8-12(15)16)7-11(14)10-5-3-2-4-6-10;/h2-7,13H,8H2,1H3,(H,15,16);/q;+1/p-1. The van der Waals surface area contributed by atoms with Crippen LogP contribution in [0.15, 0.2) is 42.1 Å². The van der Waals surface area contributed by atoms with Crippen LogP contribution in [0.3, 0.4) is 0 Å². The summed E-state index contributed by atoms with van der Waals surface area (Å²) in [5.74, 6) is -1.37. The Balaban J connectivity index is 0.00000256. The Bertz CT molecular complexity index is 415. The van der Waals surface area contributed by atoms with Crippen LogP contribution in [0, 0.1) is 0 Å². The molecule has 0 aliphatic carbocycles. The van der Waals surface area contributed by atoms with Crippen LogP contribution in [0.25, 0.3) is 0 Å². The Morgan fingerprint density at radius 1 is 1.29 bits per heavy atom. The Kier molecular flexibility index (Phi) is 8.37. The molecule has 0 spiro atoms. The van der Waals surface area contributed by atoms with Gasteiger partial charge in [0.25, 0.3) is 0 Å². The zero-order valence-electron chi connectivity index (χ0n) is 9.90. The van der Waals surface area contributed by atoms with Crippen LogP contribution in [0.4, 0.5) is 0 Å². The second-order valence-electron chi connectivity index (χ2n) is 3.28. The van der Waals surface area contributed by atoms with Crippen molar-refractivity contribution in [2.75, 3.05) is 6.54 Å². The average molecular weight is 257 g/mol.